The van der Waals surface area contributed by atoms with Crippen LogP contribution in [0.1, 0.15) is 58.3 Å². The average Bonchev–Trinajstić information content (AvgIpc) is 3.19. The molecule has 2 aliphatic rings. The molecule has 0 amide bonds. The van der Waals surface area contributed by atoms with Gasteiger partial charge in [0, 0.05) is 6.04 Å². The van der Waals surface area contributed by atoms with Crippen LogP contribution in [0.4, 0.5) is 0 Å². The number of nitrogens with one attached hydrogen (secondary N) is 1. The molecule has 2 fully saturated rings. The van der Waals surface area contributed by atoms with E-state index < -0.39 is 0 Å². The Morgan fingerprint density at radius 3 is 2.83 bits per heavy atom. The van der Waals surface area contributed by atoms with Crippen LogP contribution in [0.2, 0.25) is 0 Å². The van der Waals surface area contributed by atoms with E-state index in [2.05, 4.69) is 5.32 Å². The van der Waals surface area contributed by atoms with Gasteiger partial charge >= 0.3 is 5.97 Å². The molecule has 3 nitrogen and oxygen atoms in total. The van der Waals surface area contributed by atoms with Crippen molar-refractivity contribution in [2.24, 2.45) is 11.8 Å². The lowest BCUT2D eigenvalue weighted by atomic mass is 9.85. The Morgan fingerprint density at radius 1 is 1.28 bits per heavy atom. The minimum Gasteiger partial charge on any atom is -0.466 e. The summed E-state index contributed by atoms with van der Waals surface area (Å²) in [5.74, 6) is 1.19. The highest BCUT2D eigenvalue weighted by atomic mass is 16.5. The van der Waals surface area contributed by atoms with E-state index in [-0.39, 0.29) is 11.9 Å². The number of ether oxygens (including phenoxy) is 1. The summed E-state index contributed by atoms with van der Waals surface area (Å²) in [6, 6.07) is 0.535. The number of rotatable bonds is 7. The largest absolute Gasteiger partial charge is 0.466 e. The van der Waals surface area contributed by atoms with Crippen molar-refractivity contribution in [1.82, 2.24) is 5.32 Å². The van der Waals surface area contributed by atoms with Crippen LogP contribution in [0.3, 0.4) is 0 Å². The second-order valence-electron chi connectivity index (χ2n) is 5.85. The fourth-order valence-electron chi connectivity index (χ4n) is 2.95. The molecule has 0 radical (unpaired) electrons. The molecule has 0 aromatic heterocycles. The van der Waals surface area contributed by atoms with Crippen molar-refractivity contribution >= 4 is 5.97 Å². The standard InChI is InChI=1S/C15H27NO2/c1-2-18-15(17)13-6-3-7-14(11-13)16-10-4-5-12-8-9-12/h12-14,16H,2-11H2,1H3. The molecule has 2 aliphatic carbocycles. The Morgan fingerprint density at radius 2 is 2.11 bits per heavy atom. The molecule has 104 valence electrons. The Kier molecular flexibility index (Phi) is 5.48. The molecule has 2 saturated carbocycles. The fraction of sp³-hybridized carbons (Fsp3) is 0.933. The summed E-state index contributed by atoms with van der Waals surface area (Å²) in [4.78, 5) is 11.7. The zero-order valence-corrected chi connectivity index (χ0v) is 11.6. The Balaban J connectivity index is 1.60. The second kappa shape index (κ2) is 7.13. The molecular formula is C15H27NO2. The Labute approximate surface area is 111 Å². The first-order valence-corrected chi connectivity index (χ1v) is 7.69. The van der Waals surface area contributed by atoms with E-state index in [4.69, 9.17) is 4.74 Å². The fourth-order valence-corrected chi connectivity index (χ4v) is 2.95. The predicted octanol–water partition coefficient (Wildman–Crippen LogP) is 2.89. The normalized spacial score (nSPS) is 28.1. The minimum atomic E-state index is 0.0157. The van der Waals surface area contributed by atoms with Crippen molar-refractivity contribution in [3.05, 3.63) is 0 Å². The summed E-state index contributed by atoms with van der Waals surface area (Å²) < 4.78 is 5.13. The van der Waals surface area contributed by atoms with Gasteiger partial charge in [0.25, 0.3) is 0 Å². The number of esters is 1. The molecule has 2 rings (SSSR count). The third-order valence-corrected chi connectivity index (χ3v) is 4.21. The highest BCUT2D eigenvalue weighted by Crippen LogP contribution is 2.33. The molecule has 0 aromatic rings. The van der Waals surface area contributed by atoms with E-state index in [9.17, 15) is 4.79 Å². The lowest BCUT2D eigenvalue weighted by molar-refractivity contribution is -0.149. The van der Waals surface area contributed by atoms with Gasteiger partial charge in [-0.2, -0.15) is 0 Å². The van der Waals surface area contributed by atoms with Crippen LogP contribution in [0, 0.1) is 11.8 Å². The van der Waals surface area contributed by atoms with Crippen molar-refractivity contribution in [3.63, 3.8) is 0 Å². The highest BCUT2D eigenvalue weighted by Gasteiger charge is 2.28. The lowest BCUT2D eigenvalue weighted by Gasteiger charge is -2.28. The average molecular weight is 253 g/mol. The van der Waals surface area contributed by atoms with Crippen LogP contribution in [-0.4, -0.2) is 25.2 Å². The van der Waals surface area contributed by atoms with Gasteiger partial charge in [-0.15, -0.1) is 0 Å². The zero-order chi connectivity index (χ0) is 12.8. The molecule has 1 N–H and O–H groups in total. The molecular weight excluding hydrogens is 226 g/mol. The van der Waals surface area contributed by atoms with Crippen molar-refractivity contribution in [1.29, 1.82) is 0 Å². The second-order valence-corrected chi connectivity index (χ2v) is 5.85. The van der Waals surface area contributed by atoms with Gasteiger partial charge < -0.3 is 10.1 Å². The van der Waals surface area contributed by atoms with Gasteiger partial charge in [-0.25, -0.2) is 0 Å². The molecule has 0 aromatic carbocycles. The maximum absolute atomic E-state index is 11.7. The summed E-state index contributed by atoms with van der Waals surface area (Å²) in [6.07, 6.45) is 9.96. The van der Waals surface area contributed by atoms with Crippen molar-refractivity contribution in [2.45, 2.75) is 64.3 Å². The first kappa shape index (κ1) is 13.9. The van der Waals surface area contributed by atoms with Crippen LogP contribution >= 0.6 is 0 Å². The lowest BCUT2D eigenvalue weighted by Crippen LogP contribution is -2.37. The topological polar surface area (TPSA) is 38.3 Å². The molecule has 2 unspecified atom stereocenters. The summed E-state index contributed by atoms with van der Waals surface area (Å²) >= 11 is 0. The maximum atomic E-state index is 11.7. The van der Waals surface area contributed by atoms with Gasteiger partial charge in [-0.05, 0) is 51.5 Å². The molecule has 3 heteroatoms. The third-order valence-electron chi connectivity index (χ3n) is 4.21. The van der Waals surface area contributed by atoms with E-state index in [0.717, 1.165) is 31.7 Å². The highest BCUT2D eigenvalue weighted by molar-refractivity contribution is 5.72. The van der Waals surface area contributed by atoms with E-state index >= 15 is 0 Å². The van der Waals surface area contributed by atoms with Crippen LogP contribution < -0.4 is 5.32 Å². The maximum Gasteiger partial charge on any atom is 0.308 e. The van der Waals surface area contributed by atoms with E-state index in [1.165, 1.54) is 32.1 Å². The number of hydrogen-bond acceptors (Lipinski definition) is 3. The summed E-state index contributed by atoms with van der Waals surface area (Å²) in [5, 5.41) is 3.62. The van der Waals surface area contributed by atoms with Crippen molar-refractivity contribution in [3.8, 4) is 0 Å². The quantitative estimate of drug-likeness (QED) is 0.560. The van der Waals surface area contributed by atoms with Crippen LogP contribution in [0.15, 0.2) is 0 Å². The number of carbonyl (C=O) groups excluding carboxylic acids is 1. The smallest absolute Gasteiger partial charge is 0.308 e. The van der Waals surface area contributed by atoms with E-state index in [1.54, 1.807) is 0 Å². The number of hydrogen-bond donors (Lipinski definition) is 1. The van der Waals surface area contributed by atoms with Crippen LogP contribution in [-0.2, 0) is 9.53 Å². The summed E-state index contributed by atoms with van der Waals surface area (Å²) in [5.41, 5.74) is 0. The Bertz CT molecular complexity index is 263. The molecule has 0 spiro atoms. The first-order valence-electron chi connectivity index (χ1n) is 7.69. The minimum absolute atomic E-state index is 0.0157. The Hall–Kier alpha value is -0.570. The number of carbonyl (C=O) groups is 1. The first-order chi connectivity index (χ1) is 8.79. The SMILES string of the molecule is CCOC(=O)C1CCCC(NCCCC2CC2)C1. The van der Waals surface area contributed by atoms with Gasteiger partial charge in [0.05, 0.1) is 12.5 Å². The zero-order valence-electron chi connectivity index (χ0n) is 11.6. The van der Waals surface area contributed by atoms with Crippen molar-refractivity contribution < 1.29 is 9.53 Å². The van der Waals surface area contributed by atoms with Crippen LogP contribution in [0.5, 0.6) is 0 Å². The molecule has 0 bridgehead atoms. The van der Waals surface area contributed by atoms with Gasteiger partial charge in [0.1, 0.15) is 0 Å². The molecule has 0 saturated heterocycles. The van der Waals surface area contributed by atoms with E-state index in [0.29, 0.717) is 12.6 Å². The molecule has 0 heterocycles. The van der Waals surface area contributed by atoms with Gasteiger partial charge in [0.15, 0.2) is 0 Å². The molecule has 0 aliphatic heterocycles. The summed E-state index contributed by atoms with van der Waals surface area (Å²) in [6.45, 7) is 3.51. The van der Waals surface area contributed by atoms with Crippen LogP contribution in [0.25, 0.3) is 0 Å². The third kappa shape index (κ3) is 4.60. The van der Waals surface area contributed by atoms with E-state index in [1.807, 2.05) is 6.92 Å². The summed E-state index contributed by atoms with van der Waals surface area (Å²) in [7, 11) is 0. The van der Waals surface area contributed by atoms with Gasteiger partial charge in [-0.3, -0.25) is 4.79 Å². The van der Waals surface area contributed by atoms with Crippen molar-refractivity contribution in [2.75, 3.05) is 13.2 Å². The van der Waals surface area contributed by atoms with Gasteiger partial charge in [0.2, 0.25) is 0 Å². The molecule has 18 heavy (non-hydrogen) atoms. The predicted molar refractivity (Wildman–Crippen MR) is 72.3 cm³/mol. The monoisotopic (exact) mass is 253 g/mol. The molecule has 2 atom stereocenters. The van der Waals surface area contributed by atoms with Gasteiger partial charge in [-0.1, -0.05) is 19.3 Å².